The van der Waals surface area contributed by atoms with Crippen LogP contribution in [0.5, 0.6) is 0 Å². The summed E-state index contributed by atoms with van der Waals surface area (Å²) in [4.78, 5) is 14.7. The van der Waals surface area contributed by atoms with Gasteiger partial charge in [0.2, 0.25) is 5.91 Å². The van der Waals surface area contributed by atoms with E-state index in [0.717, 1.165) is 24.9 Å². The number of nitrogens with two attached hydrogens (primary N) is 1. The Bertz CT molecular complexity index is 530. The third kappa shape index (κ3) is 3.64. The number of piperidine rings is 1. The topological polar surface area (TPSA) is 46.3 Å². The zero-order valence-electron chi connectivity index (χ0n) is 13.4. The number of nitrogens with zero attached hydrogens (tertiary/aromatic N) is 1. The van der Waals surface area contributed by atoms with Crippen LogP contribution in [0.25, 0.3) is 0 Å². The highest BCUT2D eigenvalue weighted by Gasteiger charge is 2.29. The number of carbonyl (C=O) groups is 1. The number of rotatable bonds is 3. The third-order valence-corrected chi connectivity index (χ3v) is 4.99. The quantitative estimate of drug-likeness (QED) is 0.930. The molecule has 2 aliphatic rings. The van der Waals surface area contributed by atoms with Gasteiger partial charge in [0.15, 0.2) is 0 Å². The van der Waals surface area contributed by atoms with Gasteiger partial charge in [-0.05, 0) is 62.1 Å². The second kappa shape index (κ2) is 7.47. The van der Waals surface area contributed by atoms with Crippen molar-refractivity contribution < 1.29 is 4.79 Å². The molecule has 0 bridgehead atoms. The van der Waals surface area contributed by atoms with Crippen molar-refractivity contribution in [3.05, 3.63) is 34.9 Å². The highest BCUT2D eigenvalue weighted by atomic mass is 35.5. The number of benzene rings is 1. The highest BCUT2D eigenvalue weighted by Crippen LogP contribution is 2.24. The lowest BCUT2D eigenvalue weighted by Gasteiger charge is -2.38. The molecule has 2 atom stereocenters. The van der Waals surface area contributed by atoms with Gasteiger partial charge in [0.05, 0.1) is 6.42 Å². The summed E-state index contributed by atoms with van der Waals surface area (Å²) in [5, 5.41) is 0. The first-order chi connectivity index (χ1) is 10.1. The van der Waals surface area contributed by atoms with Crippen LogP contribution in [0.15, 0.2) is 18.2 Å². The standard InChI is InChI=1S/C18H26N2O.ClH/c1-13(19)17-7-2-3-10-20(17)18(21)12-14-8-9-15-5-4-6-16(15)11-14;/h8-9,11,13,17H,2-7,10,12,19H2,1H3;1H. The van der Waals surface area contributed by atoms with E-state index in [1.807, 2.05) is 11.8 Å². The molecule has 1 aromatic rings. The maximum Gasteiger partial charge on any atom is 0.227 e. The van der Waals surface area contributed by atoms with Crippen molar-refractivity contribution in [3.63, 3.8) is 0 Å². The monoisotopic (exact) mass is 322 g/mol. The number of hydrogen-bond acceptors (Lipinski definition) is 2. The Balaban J connectivity index is 0.00000176. The molecule has 3 nitrogen and oxygen atoms in total. The van der Waals surface area contributed by atoms with Crippen LogP contribution in [0.3, 0.4) is 0 Å². The number of fused-ring (bicyclic) bond motifs is 1. The summed E-state index contributed by atoms with van der Waals surface area (Å²) in [6, 6.07) is 6.87. The van der Waals surface area contributed by atoms with Crippen LogP contribution in [-0.4, -0.2) is 29.4 Å². The number of carbonyl (C=O) groups excluding carboxylic acids is 1. The van der Waals surface area contributed by atoms with E-state index in [9.17, 15) is 4.79 Å². The maximum absolute atomic E-state index is 12.7. The fraction of sp³-hybridized carbons (Fsp3) is 0.611. The van der Waals surface area contributed by atoms with Crippen LogP contribution >= 0.6 is 12.4 Å². The van der Waals surface area contributed by atoms with E-state index in [1.54, 1.807) is 0 Å². The summed E-state index contributed by atoms with van der Waals surface area (Å²) >= 11 is 0. The summed E-state index contributed by atoms with van der Waals surface area (Å²) in [5.74, 6) is 0.245. The van der Waals surface area contributed by atoms with Crippen LogP contribution in [0, 0.1) is 0 Å². The molecule has 1 fully saturated rings. The molecule has 2 unspecified atom stereocenters. The molecule has 1 aliphatic heterocycles. The zero-order valence-corrected chi connectivity index (χ0v) is 14.2. The van der Waals surface area contributed by atoms with Gasteiger partial charge >= 0.3 is 0 Å². The summed E-state index contributed by atoms with van der Waals surface area (Å²) in [7, 11) is 0. The fourth-order valence-corrected chi connectivity index (χ4v) is 3.82. The van der Waals surface area contributed by atoms with E-state index in [4.69, 9.17) is 5.73 Å². The van der Waals surface area contributed by atoms with Gasteiger partial charge in [-0.15, -0.1) is 12.4 Å². The van der Waals surface area contributed by atoms with Gasteiger partial charge in [0.25, 0.3) is 0 Å². The Labute approximate surface area is 139 Å². The first-order valence-electron chi connectivity index (χ1n) is 8.31. The second-order valence-corrected chi connectivity index (χ2v) is 6.64. The van der Waals surface area contributed by atoms with E-state index < -0.39 is 0 Å². The summed E-state index contributed by atoms with van der Waals surface area (Å²) in [6.45, 7) is 2.89. The van der Waals surface area contributed by atoms with Crippen LogP contribution in [0.2, 0.25) is 0 Å². The van der Waals surface area contributed by atoms with E-state index in [0.29, 0.717) is 6.42 Å². The van der Waals surface area contributed by atoms with Gasteiger partial charge in [-0.3, -0.25) is 4.79 Å². The third-order valence-electron chi connectivity index (χ3n) is 4.99. The minimum absolute atomic E-state index is 0. The Morgan fingerprint density at radius 3 is 2.82 bits per heavy atom. The summed E-state index contributed by atoms with van der Waals surface area (Å²) in [6.07, 6.45) is 7.50. The van der Waals surface area contributed by atoms with Gasteiger partial charge < -0.3 is 10.6 Å². The molecule has 122 valence electrons. The Morgan fingerprint density at radius 2 is 2.05 bits per heavy atom. The molecular formula is C18H27ClN2O. The number of halogens is 1. The smallest absolute Gasteiger partial charge is 0.227 e. The Kier molecular flexibility index (Phi) is 5.87. The van der Waals surface area contributed by atoms with Crippen LogP contribution in [-0.2, 0) is 24.1 Å². The number of hydrogen-bond donors (Lipinski definition) is 1. The van der Waals surface area contributed by atoms with Crippen molar-refractivity contribution in [2.45, 2.75) is 64.0 Å². The molecule has 0 aromatic heterocycles. The molecule has 3 rings (SSSR count). The minimum atomic E-state index is 0. The zero-order chi connectivity index (χ0) is 14.8. The Hall–Kier alpha value is -1.06. The van der Waals surface area contributed by atoms with Crippen LogP contribution in [0.4, 0.5) is 0 Å². The van der Waals surface area contributed by atoms with E-state index in [2.05, 4.69) is 18.2 Å². The van der Waals surface area contributed by atoms with E-state index in [-0.39, 0.29) is 30.4 Å². The first-order valence-corrected chi connectivity index (χ1v) is 8.31. The van der Waals surface area contributed by atoms with Crippen LogP contribution in [0.1, 0.15) is 49.3 Å². The largest absolute Gasteiger partial charge is 0.338 e. The molecule has 2 N–H and O–H groups in total. The number of aryl methyl sites for hydroxylation is 2. The van der Waals surface area contributed by atoms with Gasteiger partial charge in [-0.1, -0.05) is 18.2 Å². The van der Waals surface area contributed by atoms with Gasteiger partial charge in [0, 0.05) is 18.6 Å². The lowest BCUT2D eigenvalue weighted by molar-refractivity contribution is -0.134. The van der Waals surface area contributed by atoms with Crippen molar-refractivity contribution in [1.29, 1.82) is 0 Å². The van der Waals surface area contributed by atoms with E-state index in [1.165, 1.54) is 36.8 Å². The maximum atomic E-state index is 12.7. The summed E-state index contributed by atoms with van der Waals surface area (Å²) in [5.41, 5.74) is 10.1. The predicted octanol–water partition coefficient (Wildman–Crippen LogP) is 2.87. The SMILES string of the molecule is CC(N)C1CCCCN1C(=O)Cc1ccc2c(c1)CCC2.Cl. The molecule has 0 saturated carbocycles. The molecule has 1 aliphatic carbocycles. The molecular weight excluding hydrogens is 296 g/mol. The van der Waals surface area contributed by atoms with Gasteiger partial charge in [-0.2, -0.15) is 0 Å². The van der Waals surface area contributed by atoms with E-state index >= 15 is 0 Å². The molecule has 1 heterocycles. The van der Waals surface area contributed by atoms with Crippen molar-refractivity contribution in [2.75, 3.05) is 6.54 Å². The Morgan fingerprint density at radius 1 is 1.27 bits per heavy atom. The molecule has 1 amide bonds. The second-order valence-electron chi connectivity index (χ2n) is 6.64. The molecule has 0 spiro atoms. The van der Waals surface area contributed by atoms with Crippen molar-refractivity contribution in [1.82, 2.24) is 4.90 Å². The molecule has 22 heavy (non-hydrogen) atoms. The summed E-state index contributed by atoms with van der Waals surface area (Å²) < 4.78 is 0. The number of amides is 1. The minimum Gasteiger partial charge on any atom is -0.338 e. The predicted molar refractivity (Wildman–Crippen MR) is 92.4 cm³/mol. The van der Waals surface area contributed by atoms with Gasteiger partial charge in [0.1, 0.15) is 0 Å². The normalized spacial score (nSPS) is 21.9. The van der Waals surface area contributed by atoms with Crippen molar-refractivity contribution >= 4 is 18.3 Å². The number of likely N-dealkylation sites (tertiary alicyclic amines) is 1. The highest BCUT2D eigenvalue weighted by molar-refractivity contribution is 5.85. The fourth-order valence-electron chi connectivity index (χ4n) is 3.82. The van der Waals surface area contributed by atoms with Gasteiger partial charge in [-0.25, -0.2) is 0 Å². The molecule has 4 heteroatoms. The van der Waals surface area contributed by atoms with Crippen molar-refractivity contribution in [3.8, 4) is 0 Å². The molecule has 1 saturated heterocycles. The van der Waals surface area contributed by atoms with Crippen molar-refractivity contribution in [2.24, 2.45) is 5.73 Å². The molecule has 1 aromatic carbocycles. The lowest BCUT2D eigenvalue weighted by Crippen LogP contribution is -2.52. The average Bonchev–Trinajstić information content (AvgIpc) is 2.94. The first kappa shape index (κ1) is 17.3. The lowest BCUT2D eigenvalue weighted by atomic mass is 9.95. The average molecular weight is 323 g/mol. The molecule has 0 radical (unpaired) electrons. The van der Waals surface area contributed by atoms with Crippen LogP contribution < -0.4 is 5.73 Å².